The van der Waals surface area contributed by atoms with Crippen molar-refractivity contribution in [2.75, 3.05) is 32.8 Å². The molecule has 0 saturated carbocycles. The fraction of sp³-hybridized carbons (Fsp3) is 0.323. The minimum absolute atomic E-state index is 0.0398. The van der Waals surface area contributed by atoms with Crippen molar-refractivity contribution >= 4 is 22.5 Å². The molecule has 5 rings (SSSR count). The van der Waals surface area contributed by atoms with Gasteiger partial charge >= 0.3 is 0 Å². The quantitative estimate of drug-likeness (QED) is 0.220. The van der Waals surface area contributed by atoms with Gasteiger partial charge in [0.05, 0.1) is 34.2 Å². The van der Waals surface area contributed by atoms with Crippen molar-refractivity contribution in [3.05, 3.63) is 105 Å². The number of nitrogens with zero attached hydrogens (tertiary/aromatic N) is 5. The maximum absolute atomic E-state index is 13.8. The number of aromatic nitrogens is 2. The minimum Gasteiger partial charge on any atom is -0.492 e. The van der Waals surface area contributed by atoms with Gasteiger partial charge < -0.3 is 9.64 Å². The Bertz CT molecular complexity index is 1610. The summed E-state index contributed by atoms with van der Waals surface area (Å²) in [5.41, 5.74) is 2.08. The van der Waals surface area contributed by atoms with Gasteiger partial charge in [-0.2, -0.15) is 0 Å². The molecule has 1 unspecified atom stereocenters. The van der Waals surface area contributed by atoms with E-state index in [9.17, 15) is 19.7 Å². The number of hydrogen-bond donors (Lipinski definition) is 0. The van der Waals surface area contributed by atoms with Crippen LogP contribution in [0.25, 0.3) is 16.6 Å². The normalized spacial score (nSPS) is 14.6. The van der Waals surface area contributed by atoms with E-state index < -0.39 is 4.92 Å². The van der Waals surface area contributed by atoms with Gasteiger partial charge in [-0.15, -0.1) is 0 Å². The first-order chi connectivity index (χ1) is 19.9. The van der Waals surface area contributed by atoms with E-state index >= 15 is 0 Å². The number of benzene rings is 3. The van der Waals surface area contributed by atoms with Crippen molar-refractivity contribution < 1.29 is 14.5 Å². The zero-order valence-corrected chi connectivity index (χ0v) is 23.2. The summed E-state index contributed by atoms with van der Waals surface area (Å²) in [6.45, 7) is 6.84. The topological polar surface area (TPSA) is 111 Å². The Hall–Kier alpha value is -4.57. The van der Waals surface area contributed by atoms with Gasteiger partial charge in [-0.1, -0.05) is 36.4 Å². The second-order valence-electron chi connectivity index (χ2n) is 10.0. The van der Waals surface area contributed by atoms with E-state index in [0.717, 1.165) is 5.56 Å². The summed E-state index contributed by atoms with van der Waals surface area (Å²) in [5.74, 6) is 1.30. The van der Waals surface area contributed by atoms with Crippen molar-refractivity contribution in [1.82, 2.24) is 19.4 Å². The third-order valence-electron chi connectivity index (χ3n) is 7.57. The molecule has 0 N–H and O–H groups in total. The Morgan fingerprint density at radius 2 is 1.68 bits per heavy atom. The van der Waals surface area contributed by atoms with E-state index in [-0.39, 0.29) is 23.2 Å². The third kappa shape index (κ3) is 5.97. The monoisotopic (exact) mass is 555 g/mol. The van der Waals surface area contributed by atoms with E-state index in [1.54, 1.807) is 22.8 Å². The number of amides is 1. The molecule has 212 valence electrons. The standard InChI is InChI=1S/C31H33N5O5/c1-3-41-28-11-7-6-10-27(28)35-30(32-26-9-5-4-8-25(26)31(35)38)22(2)33-18-20-34(21-19-33)29(37)17-14-23-12-15-24(16-13-23)36(39)40/h4-13,15-16,22H,3,14,17-21H2,1-2H3. The molecule has 1 aliphatic heterocycles. The van der Waals surface area contributed by atoms with Crippen molar-refractivity contribution in [1.29, 1.82) is 0 Å². The Morgan fingerprint density at radius 3 is 2.39 bits per heavy atom. The van der Waals surface area contributed by atoms with E-state index in [1.807, 2.05) is 61.2 Å². The van der Waals surface area contributed by atoms with Crippen LogP contribution in [-0.2, 0) is 11.2 Å². The molecule has 2 heterocycles. The number of rotatable bonds is 9. The second-order valence-corrected chi connectivity index (χ2v) is 10.0. The molecule has 10 nitrogen and oxygen atoms in total. The minimum atomic E-state index is -0.431. The summed E-state index contributed by atoms with van der Waals surface area (Å²) < 4.78 is 7.54. The number of para-hydroxylation sites is 3. The van der Waals surface area contributed by atoms with Gasteiger partial charge in [-0.3, -0.25) is 29.2 Å². The predicted molar refractivity (Wildman–Crippen MR) is 156 cm³/mol. The van der Waals surface area contributed by atoms with E-state index in [1.165, 1.54) is 12.1 Å². The molecule has 0 spiro atoms. The summed E-state index contributed by atoms with van der Waals surface area (Å²) >= 11 is 0. The molecule has 1 fully saturated rings. The molecule has 0 aliphatic carbocycles. The fourth-order valence-corrected chi connectivity index (χ4v) is 5.30. The second kappa shape index (κ2) is 12.3. The zero-order valence-electron chi connectivity index (χ0n) is 23.2. The van der Waals surface area contributed by atoms with Crippen LogP contribution >= 0.6 is 0 Å². The summed E-state index contributed by atoms with van der Waals surface area (Å²) in [6.07, 6.45) is 0.868. The molecule has 10 heteroatoms. The van der Waals surface area contributed by atoms with Crippen LogP contribution in [0.2, 0.25) is 0 Å². The molecule has 1 aliphatic rings. The molecule has 1 aromatic heterocycles. The van der Waals surface area contributed by atoms with Crippen LogP contribution in [0.15, 0.2) is 77.6 Å². The first-order valence-corrected chi connectivity index (χ1v) is 13.9. The largest absolute Gasteiger partial charge is 0.492 e. The lowest BCUT2D eigenvalue weighted by Crippen LogP contribution is -2.50. The first-order valence-electron chi connectivity index (χ1n) is 13.9. The SMILES string of the molecule is CCOc1ccccc1-n1c(C(C)N2CCN(C(=O)CCc3ccc([N+](=O)[O-])cc3)CC2)nc2ccccc2c1=O. The molecule has 1 saturated heterocycles. The van der Waals surface area contributed by atoms with E-state index in [4.69, 9.17) is 9.72 Å². The molecule has 3 aromatic carbocycles. The highest BCUT2D eigenvalue weighted by atomic mass is 16.6. The average Bonchev–Trinajstić information content (AvgIpc) is 3.00. The molecule has 0 bridgehead atoms. The zero-order chi connectivity index (χ0) is 28.9. The molecule has 4 aromatic rings. The van der Waals surface area contributed by atoms with Crippen LogP contribution in [0.1, 0.15) is 37.7 Å². The Morgan fingerprint density at radius 1 is 1.00 bits per heavy atom. The maximum Gasteiger partial charge on any atom is 0.269 e. The smallest absolute Gasteiger partial charge is 0.269 e. The number of non-ortho nitro benzene ring substituents is 1. The fourth-order valence-electron chi connectivity index (χ4n) is 5.30. The highest BCUT2D eigenvalue weighted by Gasteiger charge is 2.28. The summed E-state index contributed by atoms with van der Waals surface area (Å²) in [5, 5.41) is 11.4. The van der Waals surface area contributed by atoms with Gasteiger partial charge in [0.25, 0.3) is 11.2 Å². The maximum atomic E-state index is 13.8. The Kier molecular flexibility index (Phi) is 8.39. The van der Waals surface area contributed by atoms with Crippen LogP contribution in [0.5, 0.6) is 5.75 Å². The number of ether oxygens (including phenoxy) is 1. The van der Waals surface area contributed by atoms with Crippen LogP contribution in [0.4, 0.5) is 5.69 Å². The molecular weight excluding hydrogens is 522 g/mol. The number of carbonyl (C=O) groups excluding carboxylic acids is 1. The van der Waals surface area contributed by atoms with Crippen LogP contribution in [0.3, 0.4) is 0 Å². The molecule has 41 heavy (non-hydrogen) atoms. The number of hydrogen-bond acceptors (Lipinski definition) is 7. The lowest BCUT2D eigenvalue weighted by atomic mass is 10.1. The number of nitro groups is 1. The molecule has 1 atom stereocenters. The van der Waals surface area contributed by atoms with Gasteiger partial charge in [-0.05, 0) is 50.1 Å². The van der Waals surface area contributed by atoms with Gasteiger partial charge in [0.2, 0.25) is 5.91 Å². The third-order valence-corrected chi connectivity index (χ3v) is 7.57. The molecular formula is C31H33N5O5. The number of aryl methyl sites for hydroxylation is 1. The number of fused-ring (bicyclic) bond motifs is 1. The van der Waals surface area contributed by atoms with E-state index in [0.29, 0.717) is 73.8 Å². The molecule has 1 amide bonds. The molecule has 0 radical (unpaired) electrons. The van der Waals surface area contributed by atoms with E-state index in [2.05, 4.69) is 4.90 Å². The summed E-state index contributed by atoms with van der Waals surface area (Å²) in [7, 11) is 0. The van der Waals surface area contributed by atoms with Crippen molar-refractivity contribution in [3.8, 4) is 11.4 Å². The Balaban J connectivity index is 1.33. The van der Waals surface area contributed by atoms with Crippen LogP contribution < -0.4 is 10.3 Å². The average molecular weight is 556 g/mol. The summed E-state index contributed by atoms with van der Waals surface area (Å²) in [4.78, 5) is 46.3. The number of piperazine rings is 1. The van der Waals surface area contributed by atoms with Crippen molar-refractivity contribution in [2.24, 2.45) is 0 Å². The van der Waals surface area contributed by atoms with Gasteiger partial charge in [0.1, 0.15) is 11.6 Å². The van der Waals surface area contributed by atoms with Gasteiger partial charge in [-0.25, -0.2) is 4.98 Å². The number of nitro benzene ring substituents is 1. The predicted octanol–water partition coefficient (Wildman–Crippen LogP) is 4.53. The van der Waals surface area contributed by atoms with Gasteiger partial charge in [0.15, 0.2) is 0 Å². The highest BCUT2D eigenvalue weighted by molar-refractivity contribution is 5.78. The lowest BCUT2D eigenvalue weighted by Gasteiger charge is -2.38. The highest BCUT2D eigenvalue weighted by Crippen LogP contribution is 2.28. The number of carbonyl (C=O) groups is 1. The first kappa shape index (κ1) is 28.0. The lowest BCUT2D eigenvalue weighted by molar-refractivity contribution is -0.384. The Labute approximate surface area is 237 Å². The summed E-state index contributed by atoms with van der Waals surface area (Å²) in [6, 6.07) is 21.0. The van der Waals surface area contributed by atoms with Crippen LogP contribution in [0, 0.1) is 10.1 Å². The van der Waals surface area contributed by atoms with Crippen LogP contribution in [-0.4, -0.2) is 63.0 Å². The van der Waals surface area contributed by atoms with Crippen molar-refractivity contribution in [3.63, 3.8) is 0 Å². The van der Waals surface area contributed by atoms with Gasteiger partial charge in [0, 0.05) is 44.7 Å². The van der Waals surface area contributed by atoms with Crippen molar-refractivity contribution in [2.45, 2.75) is 32.7 Å².